The average molecular weight is 691 g/mol. The maximum Gasteiger partial charge on any atom is 0.252 e. The SMILES string of the molecule is COc1cccc(CN(C(=O)C2=C(c3ccc(CCCOc4c(F)ccc(F)c4Cl)cc3)C[C@@H]3CC(COC4CC4)CC2N3)C2CC2)c1C. The number of ether oxygens (including phenoxy) is 3. The van der Waals surface area contributed by atoms with E-state index < -0.39 is 11.6 Å². The molecular formula is C40H45ClF2N2O4. The van der Waals surface area contributed by atoms with Crippen molar-refractivity contribution in [3.8, 4) is 11.5 Å². The zero-order valence-corrected chi connectivity index (χ0v) is 29.0. The zero-order valence-electron chi connectivity index (χ0n) is 28.3. The monoisotopic (exact) mass is 690 g/mol. The van der Waals surface area contributed by atoms with Crippen LogP contribution in [0.3, 0.4) is 0 Å². The molecule has 1 saturated heterocycles. The molecule has 0 radical (unpaired) electrons. The van der Waals surface area contributed by atoms with Crippen LogP contribution in [-0.2, 0) is 22.5 Å². The summed E-state index contributed by atoms with van der Waals surface area (Å²) >= 11 is 5.91. The molecule has 2 aliphatic heterocycles. The van der Waals surface area contributed by atoms with Gasteiger partial charge in [0.25, 0.3) is 5.91 Å². The molecule has 3 fully saturated rings. The van der Waals surface area contributed by atoms with Crippen LogP contribution in [0.4, 0.5) is 8.78 Å². The van der Waals surface area contributed by atoms with E-state index in [-0.39, 0.29) is 35.4 Å². The minimum absolute atomic E-state index is 0.0256. The molecule has 2 unspecified atom stereocenters. The lowest BCUT2D eigenvalue weighted by atomic mass is 9.75. The third-order valence-electron chi connectivity index (χ3n) is 10.4. The third-order valence-corrected chi connectivity index (χ3v) is 10.8. The Morgan fingerprint density at radius 2 is 1.78 bits per heavy atom. The fourth-order valence-electron chi connectivity index (χ4n) is 7.46. The van der Waals surface area contributed by atoms with Gasteiger partial charge in [-0.05, 0) is 117 Å². The minimum atomic E-state index is -0.708. The maximum absolute atomic E-state index is 14.8. The summed E-state index contributed by atoms with van der Waals surface area (Å²) in [5.74, 6) is -0.242. The van der Waals surface area contributed by atoms with E-state index in [2.05, 4.69) is 47.5 Å². The second-order valence-electron chi connectivity index (χ2n) is 14.1. The number of amides is 1. The molecule has 49 heavy (non-hydrogen) atoms. The van der Waals surface area contributed by atoms with E-state index in [1.54, 1.807) is 7.11 Å². The number of fused-ring (bicyclic) bond motifs is 2. The number of carbonyl (C=O) groups excluding carboxylic acids is 1. The van der Waals surface area contributed by atoms with E-state index in [4.69, 9.17) is 25.8 Å². The molecule has 9 heteroatoms. The molecule has 260 valence electrons. The van der Waals surface area contributed by atoms with Crippen molar-refractivity contribution in [1.82, 2.24) is 10.2 Å². The molecule has 3 aromatic rings. The first-order valence-corrected chi connectivity index (χ1v) is 18.1. The van der Waals surface area contributed by atoms with Gasteiger partial charge >= 0.3 is 0 Å². The number of piperidine rings is 1. The van der Waals surface area contributed by atoms with Crippen LogP contribution in [0.15, 0.2) is 60.2 Å². The van der Waals surface area contributed by atoms with Crippen LogP contribution in [0, 0.1) is 24.5 Å². The molecule has 3 aromatic carbocycles. The number of carbonyl (C=O) groups is 1. The quantitative estimate of drug-likeness (QED) is 0.137. The van der Waals surface area contributed by atoms with E-state index in [1.165, 1.54) is 0 Å². The summed E-state index contributed by atoms with van der Waals surface area (Å²) in [7, 11) is 1.69. The minimum Gasteiger partial charge on any atom is -0.496 e. The number of nitrogens with one attached hydrogen (secondary N) is 1. The normalized spacial score (nSPS) is 21.9. The first-order valence-electron chi connectivity index (χ1n) is 17.7. The van der Waals surface area contributed by atoms with Crippen molar-refractivity contribution in [2.45, 2.75) is 95.5 Å². The van der Waals surface area contributed by atoms with Gasteiger partial charge in [0.2, 0.25) is 0 Å². The van der Waals surface area contributed by atoms with Crippen LogP contribution >= 0.6 is 11.6 Å². The number of nitrogens with zero attached hydrogens (tertiary/aromatic N) is 1. The number of aryl methyl sites for hydroxylation is 1. The highest BCUT2D eigenvalue weighted by molar-refractivity contribution is 6.32. The van der Waals surface area contributed by atoms with Crippen molar-refractivity contribution in [1.29, 1.82) is 0 Å². The van der Waals surface area contributed by atoms with Gasteiger partial charge < -0.3 is 24.4 Å². The summed E-state index contributed by atoms with van der Waals surface area (Å²) in [6.07, 6.45) is 8.81. The van der Waals surface area contributed by atoms with Gasteiger partial charge in [0, 0.05) is 36.9 Å². The van der Waals surface area contributed by atoms with Crippen LogP contribution in [0.25, 0.3) is 5.57 Å². The van der Waals surface area contributed by atoms with Gasteiger partial charge in [0.15, 0.2) is 11.6 Å². The average Bonchev–Trinajstić information content (AvgIpc) is 4.04. The zero-order chi connectivity index (χ0) is 34.1. The molecule has 1 N–H and O–H groups in total. The molecule has 7 rings (SSSR count). The Hall–Kier alpha value is -3.46. The van der Waals surface area contributed by atoms with E-state index in [9.17, 15) is 13.6 Å². The lowest BCUT2D eigenvalue weighted by Gasteiger charge is -2.43. The first-order chi connectivity index (χ1) is 23.8. The van der Waals surface area contributed by atoms with Crippen LogP contribution in [0.1, 0.15) is 73.6 Å². The van der Waals surface area contributed by atoms with Crippen molar-refractivity contribution in [2.75, 3.05) is 20.3 Å². The molecule has 2 aliphatic carbocycles. The highest BCUT2D eigenvalue weighted by Gasteiger charge is 2.43. The highest BCUT2D eigenvalue weighted by Crippen LogP contribution is 2.42. The largest absolute Gasteiger partial charge is 0.496 e. The first kappa shape index (κ1) is 34.0. The Labute approximate surface area is 292 Å². The highest BCUT2D eigenvalue weighted by atomic mass is 35.5. The molecule has 2 bridgehead atoms. The Morgan fingerprint density at radius 3 is 2.51 bits per heavy atom. The van der Waals surface area contributed by atoms with Crippen LogP contribution < -0.4 is 14.8 Å². The molecule has 6 nitrogen and oxygen atoms in total. The summed E-state index contributed by atoms with van der Waals surface area (Å²) in [5.41, 5.74) is 6.40. The van der Waals surface area contributed by atoms with E-state index in [0.717, 1.165) is 103 Å². The number of rotatable bonds is 14. The number of methoxy groups -OCH3 is 1. The van der Waals surface area contributed by atoms with E-state index >= 15 is 0 Å². The van der Waals surface area contributed by atoms with Gasteiger partial charge in [0.1, 0.15) is 16.6 Å². The van der Waals surface area contributed by atoms with Gasteiger partial charge in [-0.1, -0.05) is 48.0 Å². The maximum atomic E-state index is 14.8. The smallest absolute Gasteiger partial charge is 0.252 e. The van der Waals surface area contributed by atoms with Crippen molar-refractivity contribution < 1.29 is 27.8 Å². The van der Waals surface area contributed by atoms with Crippen molar-refractivity contribution in [3.05, 3.63) is 99.1 Å². The number of halogens is 3. The Morgan fingerprint density at radius 1 is 1.00 bits per heavy atom. The van der Waals surface area contributed by atoms with Crippen molar-refractivity contribution in [2.24, 2.45) is 5.92 Å². The second-order valence-corrected chi connectivity index (χ2v) is 14.5. The van der Waals surface area contributed by atoms with Crippen molar-refractivity contribution >= 4 is 23.1 Å². The number of benzene rings is 3. The molecule has 1 amide bonds. The third kappa shape index (κ3) is 7.82. The molecule has 4 aliphatic rings. The fraction of sp³-hybridized carbons (Fsp3) is 0.475. The summed E-state index contributed by atoms with van der Waals surface area (Å²) in [4.78, 5) is 16.9. The fourth-order valence-corrected chi connectivity index (χ4v) is 7.67. The Kier molecular flexibility index (Phi) is 10.3. The van der Waals surface area contributed by atoms with Gasteiger partial charge in [-0.2, -0.15) is 0 Å². The lowest BCUT2D eigenvalue weighted by Crippen LogP contribution is -2.53. The second kappa shape index (κ2) is 14.8. The number of hydrogen-bond donors (Lipinski definition) is 1. The molecule has 0 aromatic heterocycles. The van der Waals surface area contributed by atoms with Gasteiger partial charge in [-0.3, -0.25) is 4.79 Å². The molecule has 2 heterocycles. The van der Waals surface area contributed by atoms with E-state index in [0.29, 0.717) is 37.5 Å². The summed E-state index contributed by atoms with van der Waals surface area (Å²) in [6.45, 7) is 3.59. The summed E-state index contributed by atoms with van der Waals surface area (Å²) < 4.78 is 45.1. The lowest BCUT2D eigenvalue weighted by molar-refractivity contribution is -0.129. The van der Waals surface area contributed by atoms with Crippen LogP contribution in [0.5, 0.6) is 11.5 Å². The summed E-state index contributed by atoms with van der Waals surface area (Å²) in [5, 5.41) is 3.50. The van der Waals surface area contributed by atoms with Crippen LogP contribution in [0.2, 0.25) is 5.02 Å². The summed E-state index contributed by atoms with van der Waals surface area (Å²) in [6, 6.07) is 17.0. The Balaban J connectivity index is 1.11. The topological polar surface area (TPSA) is 60.0 Å². The molecule has 0 spiro atoms. The standard InChI is InChI=1S/C40H45ClF2N2O4/c1-24-28(6-3-7-36(24)47-2)22-45(30-12-13-30)40(46)37-32(21-29-19-26(20-35(37)44-29)23-49-31-14-15-31)27-10-8-25(9-11-27)5-4-18-48-39-34(43)17-16-33(42)38(39)41/h3,6-11,16-17,26,29-31,35,44H,4-5,12-15,18-23H2,1-2H3/t26?,29-,35?/m0/s1. The van der Waals surface area contributed by atoms with Crippen molar-refractivity contribution in [3.63, 3.8) is 0 Å². The van der Waals surface area contributed by atoms with Gasteiger partial charge in [-0.15, -0.1) is 0 Å². The Bertz CT molecular complexity index is 1710. The molecular weight excluding hydrogens is 646 g/mol. The number of hydrogen-bond acceptors (Lipinski definition) is 5. The predicted octanol–water partition coefficient (Wildman–Crippen LogP) is 8.21. The van der Waals surface area contributed by atoms with E-state index in [1.807, 2.05) is 12.1 Å². The van der Waals surface area contributed by atoms with Gasteiger partial charge in [-0.25, -0.2) is 8.78 Å². The van der Waals surface area contributed by atoms with Gasteiger partial charge in [0.05, 0.1) is 19.8 Å². The molecule has 3 atom stereocenters. The predicted molar refractivity (Wildman–Crippen MR) is 187 cm³/mol. The van der Waals surface area contributed by atoms with Crippen LogP contribution in [-0.4, -0.2) is 55.4 Å². The molecule has 2 saturated carbocycles.